The normalized spacial score (nSPS) is 12.0. The van der Waals surface area contributed by atoms with E-state index in [1.165, 1.54) is 12.1 Å². The van der Waals surface area contributed by atoms with Crippen LogP contribution in [0.5, 0.6) is 11.5 Å². The lowest BCUT2D eigenvalue weighted by atomic mass is 10.1. The van der Waals surface area contributed by atoms with Crippen LogP contribution in [0.3, 0.4) is 0 Å². The molecule has 2 rings (SSSR count). The first-order valence-corrected chi connectivity index (χ1v) is 7.15. The summed E-state index contributed by atoms with van der Waals surface area (Å²) in [5.41, 5.74) is 0.470. The number of hydrogen-bond donors (Lipinski definition) is 1. The molecule has 0 aliphatic rings. The van der Waals surface area contributed by atoms with Crippen LogP contribution in [-0.4, -0.2) is 10.0 Å². The Morgan fingerprint density at radius 1 is 1.29 bits per heavy atom. The van der Waals surface area contributed by atoms with Crippen molar-refractivity contribution >= 4 is 33.2 Å². The van der Waals surface area contributed by atoms with E-state index >= 15 is 0 Å². The standard InChI is InChI=1S/C14H11BrClNO4/c1-8(18)9-2-4-13(11(16)6-9)21-14-5-3-10(15)7-12(14)17(19)20/h2-8,18H,1H3/t8-/m0/s1. The number of halogens is 2. The molecule has 0 amide bonds. The predicted molar refractivity (Wildman–Crippen MR) is 83.0 cm³/mol. The third kappa shape index (κ3) is 3.72. The van der Waals surface area contributed by atoms with Gasteiger partial charge in [-0.1, -0.05) is 33.6 Å². The van der Waals surface area contributed by atoms with Gasteiger partial charge in [-0.15, -0.1) is 0 Å². The van der Waals surface area contributed by atoms with Gasteiger partial charge in [-0.3, -0.25) is 10.1 Å². The molecule has 0 saturated carbocycles. The highest BCUT2D eigenvalue weighted by molar-refractivity contribution is 9.10. The van der Waals surface area contributed by atoms with E-state index in [2.05, 4.69) is 15.9 Å². The molecule has 0 aromatic heterocycles. The smallest absolute Gasteiger partial charge is 0.312 e. The first-order chi connectivity index (χ1) is 9.88. The number of ether oxygens (including phenoxy) is 1. The Hall–Kier alpha value is -1.63. The first-order valence-electron chi connectivity index (χ1n) is 5.98. The number of benzene rings is 2. The molecule has 110 valence electrons. The molecule has 0 radical (unpaired) electrons. The van der Waals surface area contributed by atoms with Crippen LogP contribution in [0.2, 0.25) is 5.02 Å². The number of nitro groups is 1. The lowest BCUT2D eigenvalue weighted by Crippen LogP contribution is -1.95. The number of hydrogen-bond acceptors (Lipinski definition) is 4. The molecule has 2 aromatic rings. The molecule has 0 unspecified atom stereocenters. The van der Waals surface area contributed by atoms with Crippen molar-refractivity contribution in [2.24, 2.45) is 0 Å². The van der Waals surface area contributed by atoms with Gasteiger partial charge < -0.3 is 9.84 Å². The van der Waals surface area contributed by atoms with E-state index in [0.717, 1.165) is 0 Å². The van der Waals surface area contributed by atoms with E-state index in [4.69, 9.17) is 16.3 Å². The average molecular weight is 373 g/mol. The van der Waals surface area contributed by atoms with Crippen LogP contribution in [-0.2, 0) is 0 Å². The van der Waals surface area contributed by atoms with Crippen LogP contribution >= 0.6 is 27.5 Å². The molecule has 0 heterocycles. The summed E-state index contributed by atoms with van der Waals surface area (Å²) in [6, 6.07) is 9.26. The lowest BCUT2D eigenvalue weighted by Gasteiger charge is -2.11. The summed E-state index contributed by atoms with van der Waals surface area (Å²) < 4.78 is 6.10. The van der Waals surface area contributed by atoms with Crippen LogP contribution in [0.1, 0.15) is 18.6 Å². The minimum atomic E-state index is -0.654. The Kier molecular flexibility index (Phi) is 4.82. The SMILES string of the molecule is C[C@H](O)c1ccc(Oc2ccc(Br)cc2[N+](=O)[O-])c(Cl)c1. The maximum atomic E-state index is 11.0. The first kappa shape index (κ1) is 15.8. The molecular weight excluding hydrogens is 362 g/mol. The molecule has 5 nitrogen and oxygen atoms in total. The second kappa shape index (κ2) is 6.43. The van der Waals surface area contributed by atoms with Gasteiger partial charge in [0.25, 0.3) is 0 Å². The minimum Gasteiger partial charge on any atom is -0.449 e. The van der Waals surface area contributed by atoms with Gasteiger partial charge >= 0.3 is 5.69 Å². The van der Waals surface area contributed by atoms with Gasteiger partial charge in [-0.05, 0) is 36.8 Å². The number of aliphatic hydroxyl groups excluding tert-OH is 1. The van der Waals surface area contributed by atoms with Crippen LogP contribution in [0.4, 0.5) is 5.69 Å². The molecule has 0 saturated heterocycles. The maximum absolute atomic E-state index is 11.0. The summed E-state index contributed by atoms with van der Waals surface area (Å²) >= 11 is 9.25. The van der Waals surface area contributed by atoms with Gasteiger partial charge in [0.05, 0.1) is 16.0 Å². The van der Waals surface area contributed by atoms with Gasteiger partial charge in [-0.2, -0.15) is 0 Å². The summed E-state index contributed by atoms with van der Waals surface area (Å²) in [5.74, 6) is 0.376. The van der Waals surface area contributed by atoms with Crippen LogP contribution in [0.15, 0.2) is 40.9 Å². The van der Waals surface area contributed by atoms with Crippen molar-refractivity contribution in [2.45, 2.75) is 13.0 Å². The van der Waals surface area contributed by atoms with E-state index in [1.807, 2.05) is 0 Å². The Morgan fingerprint density at radius 2 is 1.95 bits per heavy atom. The zero-order valence-electron chi connectivity index (χ0n) is 10.9. The third-order valence-corrected chi connectivity index (χ3v) is 3.56. The van der Waals surface area contributed by atoms with Crippen molar-refractivity contribution in [1.29, 1.82) is 0 Å². The highest BCUT2D eigenvalue weighted by Gasteiger charge is 2.17. The molecule has 0 aliphatic carbocycles. The molecule has 0 aliphatic heterocycles. The zero-order chi connectivity index (χ0) is 15.6. The quantitative estimate of drug-likeness (QED) is 0.614. The Balaban J connectivity index is 2.37. The Labute approximate surface area is 134 Å². The van der Waals surface area contributed by atoms with Crippen LogP contribution < -0.4 is 4.74 Å². The van der Waals surface area contributed by atoms with Crippen molar-refractivity contribution in [3.8, 4) is 11.5 Å². The molecule has 21 heavy (non-hydrogen) atoms. The zero-order valence-corrected chi connectivity index (χ0v) is 13.3. The van der Waals surface area contributed by atoms with Crippen LogP contribution in [0, 0.1) is 10.1 Å². The number of nitrogens with zero attached hydrogens (tertiary/aromatic N) is 1. The summed E-state index contributed by atoms with van der Waals surface area (Å²) in [7, 11) is 0. The second-order valence-corrected chi connectivity index (χ2v) is 5.66. The fourth-order valence-electron chi connectivity index (χ4n) is 1.70. The Bertz CT molecular complexity index is 691. The van der Waals surface area contributed by atoms with E-state index in [9.17, 15) is 15.2 Å². The molecule has 1 N–H and O–H groups in total. The minimum absolute atomic E-state index is 0.0925. The highest BCUT2D eigenvalue weighted by atomic mass is 79.9. The second-order valence-electron chi connectivity index (χ2n) is 4.34. The molecule has 0 bridgehead atoms. The summed E-state index contributed by atoms with van der Waals surface area (Å²) in [4.78, 5) is 10.5. The topological polar surface area (TPSA) is 72.6 Å². The van der Waals surface area contributed by atoms with Crippen molar-refractivity contribution < 1.29 is 14.8 Å². The van der Waals surface area contributed by atoms with Gasteiger partial charge in [0, 0.05) is 10.5 Å². The van der Waals surface area contributed by atoms with E-state index in [-0.39, 0.29) is 22.2 Å². The predicted octanol–water partition coefficient (Wildman–Crippen LogP) is 4.86. The molecular formula is C14H11BrClNO4. The fraction of sp³-hybridized carbons (Fsp3) is 0.143. The van der Waals surface area contributed by atoms with E-state index in [0.29, 0.717) is 10.0 Å². The molecule has 0 fully saturated rings. The summed E-state index contributed by atoms with van der Waals surface area (Å²) in [6.07, 6.45) is -0.654. The van der Waals surface area contributed by atoms with Gasteiger partial charge in [0.1, 0.15) is 5.75 Å². The number of nitro benzene ring substituents is 1. The monoisotopic (exact) mass is 371 g/mol. The number of aliphatic hydroxyl groups is 1. The van der Waals surface area contributed by atoms with E-state index in [1.54, 1.807) is 31.2 Å². The molecule has 0 spiro atoms. The van der Waals surface area contributed by atoms with Crippen LogP contribution in [0.25, 0.3) is 0 Å². The molecule has 2 aromatic carbocycles. The largest absolute Gasteiger partial charge is 0.449 e. The molecule has 1 atom stereocenters. The Morgan fingerprint density at radius 3 is 2.52 bits per heavy atom. The van der Waals surface area contributed by atoms with Crippen molar-refractivity contribution in [3.63, 3.8) is 0 Å². The van der Waals surface area contributed by atoms with E-state index < -0.39 is 11.0 Å². The lowest BCUT2D eigenvalue weighted by molar-refractivity contribution is -0.385. The fourth-order valence-corrected chi connectivity index (χ4v) is 2.27. The van der Waals surface area contributed by atoms with Crippen molar-refractivity contribution in [3.05, 3.63) is 61.6 Å². The third-order valence-electron chi connectivity index (χ3n) is 2.78. The number of rotatable bonds is 4. The van der Waals surface area contributed by atoms with Gasteiger partial charge in [0.2, 0.25) is 5.75 Å². The van der Waals surface area contributed by atoms with Gasteiger partial charge in [0.15, 0.2) is 0 Å². The summed E-state index contributed by atoms with van der Waals surface area (Å²) in [6.45, 7) is 1.62. The molecule has 7 heteroatoms. The summed E-state index contributed by atoms with van der Waals surface area (Å²) in [5, 5.41) is 20.8. The average Bonchev–Trinajstić information content (AvgIpc) is 2.42. The highest BCUT2D eigenvalue weighted by Crippen LogP contribution is 2.37. The van der Waals surface area contributed by atoms with Crippen molar-refractivity contribution in [2.75, 3.05) is 0 Å². The van der Waals surface area contributed by atoms with Gasteiger partial charge in [-0.25, -0.2) is 0 Å². The maximum Gasteiger partial charge on any atom is 0.312 e. The van der Waals surface area contributed by atoms with Crippen molar-refractivity contribution in [1.82, 2.24) is 0 Å².